The normalized spacial score (nSPS) is 10.9. The van der Waals surface area contributed by atoms with Gasteiger partial charge in [0.15, 0.2) is 11.5 Å². The van der Waals surface area contributed by atoms with Crippen LogP contribution in [0.4, 0.5) is 0 Å². The minimum atomic E-state index is -0.00948. The molecule has 2 nitrogen and oxygen atoms in total. The molecule has 0 aliphatic carbocycles. The first-order chi connectivity index (χ1) is 12.3. The van der Waals surface area contributed by atoms with Crippen molar-refractivity contribution in [2.45, 2.75) is 70.6 Å². The second-order valence-corrected chi connectivity index (χ2v) is 6.95. The predicted molar refractivity (Wildman–Crippen MR) is 105 cm³/mol. The lowest BCUT2D eigenvalue weighted by Crippen LogP contribution is -1.88. The number of phenolic OH excluding ortho intramolecular Hbond substituents is 2. The molecular formula is C23H32O2. The Morgan fingerprint density at radius 1 is 0.520 bits per heavy atom. The summed E-state index contributed by atoms with van der Waals surface area (Å²) in [5.74, 6) is 0.0442. The van der Waals surface area contributed by atoms with Gasteiger partial charge in [0.2, 0.25) is 0 Å². The summed E-state index contributed by atoms with van der Waals surface area (Å²) in [6, 6.07) is 16.0. The van der Waals surface area contributed by atoms with Crippen molar-refractivity contribution in [3.8, 4) is 11.5 Å². The van der Waals surface area contributed by atoms with E-state index in [-0.39, 0.29) is 11.5 Å². The van der Waals surface area contributed by atoms with E-state index in [1.54, 1.807) is 6.07 Å². The second-order valence-electron chi connectivity index (χ2n) is 6.95. The zero-order valence-corrected chi connectivity index (χ0v) is 15.3. The van der Waals surface area contributed by atoms with Crippen LogP contribution in [-0.2, 0) is 12.8 Å². The molecule has 2 heteroatoms. The lowest BCUT2D eigenvalue weighted by atomic mass is 10.0. The van der Waals surface area contributed by atoms with E-state index in [0.717, 1.165) is 18.4 Å². The van der Waals surface area contributed by atoms with Crippen LogP contribution in [-0.4, -0.2) is 10.2 Å². The van der Waals surface area contributed by atoms with E-state index >= 15 is 0 Å². The van der Waals surface area contributed by atoms with Crippen molar-refractivity contribution < 1.29 is 10.2 Å². The Morgan fingerprint density at radius 2 is 1.08 bits per heavy atom. The predicted octanol–water partition coefficient (Wildman–Crippen LogP) is 6.39. The summed E-state index contributed by atoms with van der Waals surface area (Å²) in [5.41, 5.74) is 2.32. The molecule has 0 aromatic heterocycles. The van der Waals surface area contributed by atoms with Crippen molar-refractivity contribution in [1.29, 1.82) is 0 Å². The largest absolute Gasteiger partial charge is 0.504 e. The lowest BCUT2D eigenvalue weighted by molar-refractivity contribution is 0.398. The van der Waals surface area contributed by atoms with Crippen molar-refractivity contribution in [3.05, 3.63) is 59.7 Å². The molecule has 0 atom stereocenters. The van der Waals surface area contributed by atoms with E-state index in [1.165, 1.54) is 69.4 Å². The van der Waals surface area contributed by atoms with Gasteiger partial charge in [-0.2, -0.15) is 0 Å². The molecule has 2 aromatic rings. The molecule has 2 aromatic carbocycles. The highest BCUT2D eigenvalue weighted by Gasteiger charge is 2.04. The summed E-state index contributed by atoms with van der Waals surface area (Å²) in [4.78, 5) is 0. The lowest BCUT2D eigenvalue weighted by Gasteiger charge is -2.06. The van der Waals surface area contributed by atoms with Gasteiger partial charge in [0.1, 0.15) is 0 Å². The van der Waals surface area contributed by atoms with Gasteiger partial charge in [-0.1, -0.05) is 87.4 Å². The Labute approximate surface area is 152 Å². The third-order valence-electron chi connectivity index (χ3n) is 4.85. The maximum Gasteiger partial charge on any atom is 0.160 e. The Bertz CT molecular complexity index is 592. The standard InChI is InChI=1S/C23H32O2/c24-22-19-13-18-21(23(22)25)17-12-7-5-3-1-2-4-6-9-14-20-15-10-8-11-16-20/h8,10-11,13,15-16,18-19,24-25H,1-7,9,12,14,17H2. The highest BCUT2D eigenvalue weighted by atomic mass is 16.3. The first kappa shape index (κ1) is 19.4. The Balaban J connectivity index is 1.40. The van der Waals surface area contributed by atoms with Gasteiger partial charge in [0.25, 0.3) is 0 Å². The van der Waals surface area contributed by atoms with Gasteiger partial charge < -0.3 is 10.2 Å². The van der Waals surface area contributed by atoms with E-state index < -0.39 is 0 Å². The van der Waals surface area contributed by atoms with Crippen molar-refractivity contribution >= 4 is 0 Å². The number of hydrogen-bond donors (Lipinski definition) is 2. The molecule has 0 aliphatic rings. The average molecular weight is 341 g/mol. The zero-order valence-electron chi connectivity index (χ0n) is 15.3. The highest BCUT2D eigenvalue weighted by Crippen LogP contribution is 2.29. The molecule has 0 heterocycles. The maximum absolute atomic E-state index is 9.76. The molecule has 0 fully saturated rings. The third kappa shape index (κ3) is 7.64. The zero-order chi connectivity index (χ0) is 17.7. The molecule has 0 saturated heterocycles. The molecule has 25 heavy (non-hydrogen) atoms. The molecule has 0 amide bonds. The van der Waals surface area contributed by atoms with Crippen molar-refractivity contribution in [1.82, 2.24) is 0 Å². The van der Waals surface area contributed by atoms with E-state index in [9.17, 15) is 10.2 Å². The number of aromatic hydroxyl groups is 2. The maximum atomic E-state index is 9.76. The highest BCUT2D eigenvalue weighted by molar-refractivity contribution is 5.44. The molecule has 2 N–H and O–H groups in total. The van der Waals surface area contributed by atoms with Crippen LogP contribution in [0.2, 0.25) is 0 Å². The smallest absolute Gasteiger partial charge is 0.160 e. The molecule has 0 radical (unpaired) electrons. The summed E-state index contributed by atoms with van der Waals surface area (Å²) < 4.78 is 0. The summed E-state index contributed by atoms with van der Waals surface area (Å²) in [6.07, 6.45) is 13.6. The molecule has 0 saturated carbocycles. The molecule has 0 unspecified atom stereocenters. The monoisotopic (exact) mass is 340 g/mol. The summed E-state index contributed by atoms with van der Waals surface area (Å²) in [7, 11) is 0. The fourth-order valence-electron chi connectivity index (χ4n) is 3.31. The van der Waals surface area contributed by atoms with Crippen LogP contribution in [0.3, 0.4) is 0 Å². The van der Waals surface area contributed by atoms with E-state index in [0.29, 0.717) is 0 Å². The van der Waals surface area contributed by atoms with Crippen LogP contribution in [0.5, 0.6) is 11.5 Å². The van der Waals surface area contributed by atoms with Crippen LogP contribution in [0, 0.1) is 0 Å². The number of benzene rings is 2. The summed E-state index contributed by atoms with van der Waals surface area (Å²) in [5, 5.41) is 19.2. The second kappa shape index (κ2) is 11.6. The average Bonchev–Trinajstić information content (AvgIpc) is 2.64. The van der Waals surface area contributed by atoms with E-state index in [1.807, 2.05) is 6.07 Å². The molecule has 2 rings (SSSR count). The Morgan fingerprint density at radius 3 is 1.72 bits per heavy atom. The topological polar surface area (TPSA) is 40.5 Å². The number of para-hydroxylation sites is 1. The van der Waals surface area contributed by atoms with Gasteiger partial charge in [0, 0.05) is 0 Å². The van der Waals surface area contributed by atoms with Gasteiger partial charge in [-0.25, -0.2) is 0 Å². The van der Waals surface area contributed by atoms with E-state index in [4.69, 9.17) is 0 Å². The minimum absolute atomic E-state index is 0.00948. The molecule has 0 aliphatic heterocycles. The summed E-state index contributed by atoms with van der Waals surface area (Å²) in [6.45, 7) is 0. The van der Waals surface area contributed by atoms with Crippen LogP contribution in [0.25, 0.3) is 0 Å². The van der Waals surface area contributed by atoms with Gasteiger partial charge >= 0.3 is 0 Å². The van der Waals surface area contributed by atoms with Crippen molar-refractivity contribution in [2.24, 2.45) is 0 Å². The fraction of sp³-hybridized carbons (Fsp3) is 0.478. The number of aryl methyl sites for hydroxylation is 2. The van der Waals surface area contributed by atoms with Crippen LogP contribution >= 0.6 is 0 Å². The molecule has 0 spiro atoms. The quantitative estimate of drug-likeness (QED) is 0.347. The minimum Gasteiger partial charge on any atom is -0.504 e. The van der Waals surface area contributed by atoms with Crippen molar-refractivity contribution in [2.75, 3.05) is 0 Å². The SMILES string of the molecule is Oc1cccc(CCCCCCCCCCCc2ccccc2)c1O. The molecular weight excluding hydrogens is 308 g/mol. The van der Waals surface area contributed by atoms with Gasteiger partial charge in [-0.05, 0) is 42.9 Å². The van der Waals surface area contributed by atoms with Gasteiger partial charge in [0.05, 0.1) is 0 Å². The van der Waals surface area contributed by atoms with Gasteiger partial charge in [-0.3, -0.25) is 0 Å². The number of phenols is 2. The number of unbranched alkanes of at least 4 members (excludes halogenated alkanes) is 8. The number of rotatable bonds is 12. The van der Waals surface area contributed by atoms with Crippen LogP contribution < -0.4 is 0 Å². The Kier molecular flexibility index (Phi) is 8.96. The van der Waals surface area contributed by atoms with Gasteiger partial charge in [-0.15, -0.1) is 0 Å². The van der Waals surface area contributed by atoms with Crippen LogP contribution in [0.1, 0.15) is 68.9 Å². The fourth-order valence-corrected chi connectivity index (χ4v) is 3.31. The Hall–Kier alpha value is -1.96. The number of hydrogen-bond acceptors (Lipinski definition) is 2. The molecule has 0 bridgehead atoms. The first-order valence-corrected chi connectivity index (χ1v) is 9.81. The van der Waals surface area contributed by atoms with Crippen molar-refractivity contribution in [3.63, 3.8) is 0 Å². The van der Waals surface area contributed by atoms with E-state index in [2.05, 4.69) is 30.3 Å². The first-order valence-electron chi connectivity index (χ1n) is 9.81. The van der Waals surface area contributed by atoms with Crippen LogP contribution in [0.15, 0.2) is 48.5 Å². The summed E-state index contributed by atoms with van der Waals surface area (Å²) >= 11 is 0. The molecule has 136 valence electrons. The third-order valence-corrected chi connectivity index (χ3v) is 4.85.